The minimum atomic E-state index is -3.62. The molecule has 1 aromatic heterocycles. The zero-order chi connectivity index (χ0) is 20.3. The smallest absolute Gasteiger partial charge is 0.233 e. The average molecular weight is 400 g/mol. The predicted octanol–water partition coefficient (Wildman–Crippen LogP) is 3.48. The lowest BCUT2D eigenvalue weighted by Crippen LogP contribution is -2.34. The summed E-state index contributed by atoms with van der Waals surface area (Å²) >= 11 is 0. The van der Waals surface area contributed by atoms with E-state index >= 15 is 0 Å². The number of hydrogen-bond acceptors (Lipinski definition) is 3. The number of sulfonamides is 1. The molecule has 148 valence electrons. The number of amides is 1. The van der Waals surface area contributed by atoms with E-state index in [2.05, 4.69) is 15.0 Å². The summed E-state index contributed by atoms with van der Waals surface area (Å²) < 4.78 is 27.2. The molecule has 0 fully saturated rings. The van der Waals surface area contributed by atoms with Gasteiger partial charge in [-0.3, -0.25) is 9.52 Å². The van der Waals surface area contributed by atoms with Crippen LogP contribution in [0.25, 0.3) is 10.9 Å². The quantitative estimate of drug-likeness (QED) is 0.568. The van der Waals surface area contributed by atoms with Gasteiger partial charge in [0.15, 0.2) is 0 Å². The first kappa shape index (κ1) is 19.9. The standard InChI is InChI=1S/C21H25N3O3S/c1-14-4-7-19(8-5-14)24-28(26,27)13-15(2)21(25)22-12-17-6-9-20-18(11-17)10-16(3)23-20/h4-11,15,23-24H,12-13H2,1-3H3,(H,22,25). The molecule has 3 aromatic rings. The summed E-state index contributed by atoms with van der Waals surface area (Å²) in [6, 6.07) is 15.1. The number of aromatic amines is 1. The summed E-state index contributed by atoms with van der Waals surface area (Å²) in [5.74, 6) is -1.23. The lowest BCUT2D eigenvalue weighted by atomic mass is 10.1. The van der Waals surface area contributed by atoms with E-state index in [0.717, 1.165) is 27.7 Å². The molecule has 0 aliphatic heterocycles. The van der Waals surface area contributed by atoms with Crippen molar-refractivity contribution in [3.8, 4) is 0 Å². The molecule has 3 N–H and O–H groups in total. The highest BCUT2D eigenvalue weighted by molar-refractivity contribution is 7.92. The first-order chi connectivity index (χ1) is 13.2. The predicted molar refractivity (Wildman–Crippen MR) is 113 cm³/mol. The van der Waals surface area contributed by atoms with Gasteiger partial charge in [-0.25, -0.2) is 8.42 Å². The maximum Gasteiger partial charge on any atom is 0.233 e. The van der Waals surface area contributed by atoms with Gasteiger partial charge in [0, 0.05) is 23.4 Å². The lowest BCUT2D eigenvalue weighted by Gasteiger charge is -2.14. The van der Waals surface area contributed by atoms with Crippen molar-refractivity contribution in [2.24, 2.45) is 5.92 Å². The number of aryl methyl sites for hydroxylation is 2. The van der Waals surface area contributed by atoms with E-state index in [1.807, 2.05) is 50.2 Å². The van der Waals surface area contributed by atoms with Gasteiger partial charge in [-0.05, 0) is 55.1 Å². The van der Waals surface area contributed by atoms with E-state index < -0.39 is 15.9 Å². The van der Waals surface area contributed by atoms with E-state index in [4.69, 9.17) is 0 Å². The summed E-state index contributed by atoms with van der Waals surface area (Å²) in [4.78, 5) is 15.6. The number of benzene rings is 2. The normalized spacial score (nSPS) is 12.7. The van der Waals surface area contributed by atoms with Crippen molar-refractivity contribution >= 4 is 32.5 Å². The van der Waals surface area contributed by atoms with E-state index in [1.165, 1.54) is 0 Å². The third kappa shape index (κ3) is 5.13. The molecule has 28 heavy (non-hydrogen) atoms. The number of fused-ring (bicyclic) bond motifs is 1. The number of nitrogens with one attached hydrogen (secondary N) is 3. The van der Waals surface area contributed by atoms with Crippen LogP contribution in [0, 0.1) is 19.8 Å². The van der Waals surface area contributed by atoms with Crippen LogP contribution >= 0.6 is 0 Å². The van der Waals surface area contributed by atoms with Crippen LogP contribution in [0.2, 0.25) is 0 Å². The number of carbonyl (C=O) groups excluding carboxylic acids is 1. The molecule has 2 aromatic carbocycles. The third-order valence-corrected chi connectivity index (χ3v) is 6.01. The van der Waals surface area contributed by atoms with Crippen molar-refractivity contribution in [2.75, 3.05) is 10.5 Å². The van der Waals surface area contributed by atoms with Gasteiger partial charge in [0.1, 0.15) is 0 Å². The Balaban J connectivity index is 1.56. The van der Waals surface area contributed by atoms with Gasteiger partial charge in [0.25, 0.3) is 0 Å². The van der Waals surface area contributed by atoms with Crippen LogP contribution in [0.5, 0.6) is 0 Å². The molecule has 0 radical (unpaired) electrons. The Morgan fingerprint density at radius 1 is 1.07 bits per heavy atom. The fraction of sp³-hybridized carbons (Fsp3) is 0.286. The molecule has 1 heterocycles. The van der Waals surface area contributed by atoms with Crippen molar-refractivity contribution in [3.63, 3.8) is 0 Å². The van der Waals surface area contributed by atoms with Gasteiger partial charge >= 0.3 is 0 Å². The van der Waals surface area contributed by atoms with Gasteiger partial charge in [0.05, 0.1) is 11.7 Å². The minimum absolute atomic E-state index is 0.275. The van der Waals surface area contributed by atoms with Gasteiger partial charge < -0.3 is 10.3 Å². The summed E-state index contributed by atoms with van der Waals surface area (Å²) in [5.41, 5.74) is 4.63. The molecular weight excluding hydrogens is 374 g/mol. The first-order valence-electron chi connectivity index (χ1n) is 9.15. The Bertz CT molecular complexity index is 1090. The Morgan fingerprint density at radius 3 is 2.50 bits per heavy atom. The van der Waals surface area contributed by atoms with Crippen molar-refractivity contribution in [2.45, 2.75) is 27.3 Å². The molecule has 0 aliphatic carbocycles. The Morgan fingerprint density at radius 2 is 1.79 bits per heavy atom. The zero-order valence-electron chi connectivity index (χ0n) is 16.2. The molecule has 7 heteroatoms. The highest BCUT2D eigenvalue weighted by atomic mass is 32.2. The van der Waals surface area contributed by atoms with Crippen molar-refractivity contribution in [1.29, 1.82) is 0 Å². The second kappa shape index (κ2) is 8.06. The summed E-state index contributed by atoms with van der Waals surface area (Å²) in [6.45, 7) is 5.89. The number of rotatable bonds is 7. The fourth-order valence-electron chi connectivity index (χ4n) is 3.05. The number of H-pyrrole nitrogens is 1. The van der Waals surface area contributed by atoms with Crippen LogP contribution in [0.4, 0.5) is 5.69 Å². The summed E-state index contributed by atoms with van der Waals surface area (Å²) in [6.07, 6.45) is 0. The zero-order valence-corrected chi connectivity index (χ0v) is 17.1. The van der Waals surface area contributed by atoms with Crippen LogP contribution in [0.15, 0.2) is 48.5 Å². The SMILES string of the molecule is Cc1ccc(NS(=O)(=O)CC(C)C(=O)NCc2ccc3[nH]c(C)cc3c2)cc1. The van der Waals surface area contributed by atoms with Crippen molar-refractivity contribution in [3.05, 3.63) is 65.4 Å². The van der Waals surface area contributed by atoms with Crippen LogP contribution in [-0.2, 0) is 21.4 Å². The number of hydrogen-bond donors (Lipinski definition) is 3. The second-order valence-corrected chi connectivity index (χ2v) is 9.01. The van der Waals surface area contributed by atoms with Crippen molar-refractivity contribution in [1.82, 2.24) is 10.3 Å². The maximum atomic E-state index is 12.3. The van der Waals surface area contributed by atoms with Crippen LogP contribution in [0.3, 0.4) is 0 Å². The van der Waals surface area contributed by atoms with Crippen molar-refractivity contribution < 1.29 is 13.2 Å². The van der Waals surface area contributed by atoms with Crippen LogP contribution in [-0.4, -0.2) is 25.1 Å². The summed E-state index contributed by atoms with van der Waals surface area (Å²) in [5, 5.41) is 3.91. The van der Waals surface area contributed by atoms with E-state index in [-0.39, 0.29) is 11.7 Å². The van der Waals surface area contributed by atoms with E-state index in [1.54, 1.807) is 19.1 Å². The highest BCUT2D eigenvalue weighted by Crippen LogP contribution is 2.17. The Hall–Kier alpha value is -2.80. The topological polar surface area (TPSA) is 91.1 Å². The molecule has 0 saturated heterocycles. The minimum Gasteiger partial charge on any atom is -0.359 e. The lowest BCUT2D eigenvalue weighted by molar-refractivity contribution is -0.124. The molecule has 0 saturated carbocycles. The number of carbonyl (C=O) groups is 1. The van der Waals surface area contributed by atoms with E-state index in [9.17, 15) is 13.2 Å². The Kier molecular flexibility index (Phi) is 5.74. The highest BCUT2D eigenvalue weighted by Gasteiger charge is 2.21. The van der Waals surface area contributed by atoms with Gasteiger partial charge in [-0.15, -0.1) is 0 Å². The molecule has 1 unspecified atom stereocenters. The number of anilines is 1. The van der Waals surface area contributed by atoms with Crippen LogP contribution < -0.4 is 10.0 Å². The second-order valence-electron chi connectivity index (χ2n) is 7.24. The molecule has 0 spiro atoms. The fourth-order valence-corrected chi connectivity index (χ4v) is 4.44. The molecule has 3 rings (SSSR count). The molecule has 1 amide bonds. The van der Waals surface area contributed by atoms with Gasteiger partial charge in [0.2, 0.25) is 15.9 Å². The largest absolute Gasteiger partial charge is 0.359 e. The molecular formula is C21H25N3O3S. The molecule has 0 bridgehead atoms. The van der Waals surface area contributed by atoms with Gasteiger partial charge in [-0.2, -0.15) is 0 Å². The summed E-state index contributed by atoms with van der Waals surface area (Å²) in [7, 11) is -3.62. The Labute approximate surface area is 165 Å². The van der Waals surface area contributed by atoms with E-state index in [0.29, 0.717) is 12.2 Å². The molecule has 0 aliphatic rings. The number of aromatic nitrogens is 1. The van der Waals surface area contributed by atoms with Gasteiger partial charge in [-0.1, -0.05) is 30.7 Å². The average Bonchev–Trinajstić information content (AvgIpc) is 3.00. The third-order valence-electron chi connectivity index (χ3n) is 4.53. The molecule has 1 atom stereocenters. The van der Waals surface area contributed by atoms with Crippen LogP contribution in [0.1, 0.15) is 23.7 Å². The molecule has 6 nitrogen and oxygen atoms in total. The first-order valence-corrected chi connectivity index (χ1v) is 10.8. The maximum absolute atomic E-state index is 12.3. The monoisotopic (exact) mass is 399 g/mol.